The quantitative estimate of drug-likeness (QED) is 0.176. The Bertz CT molecular complexity index is 1400. The minimum absolute atomic E-state index is 0.0244. The van der Waals surface area contributed by atoms with E-state index in [-0.39, 0.29) is 30.7 Å². The second-order valence-corrected chi connectivity index (χ2v) is 9.02. The van der Waals surface area contributed by atoms with Crippen molar-refractivity contribution in [3.05, 3.63) is 76.2 Å². The number of hydrogen-bond acceptors (Lipinski definition) is 7. The van der Waals surface area contributed by atoms with Crippen molar-refractivity contribution in [3.63, 3.8) is 0 Å². The number of allylic oxidation sites excluding steroid dienone is 1. The van der Waals surface area contributed by atoms with Crippen LogP contribution in [-0.2, 0) is 48.0 Å². The summed E-state index contributed by atoms with van der Waals surface area (Å²) in [6.45, 7) is 0.787. The lowest BCUT2D eigenvalue weighted by Gasteiger charge is -2.18. The highest BCUT2D eigenvalue weighted by molar-refractivity contribution is 5.97. The third kappa shape index (κ3) is 11.8. The van der Waals surface area contributed by atoms with Crippen molar-refractivity contribution in [1.82, 2.24) is 15.2 Å². The van der Waals surface area contributed by atoms with Gasteiger partial charge in [0.25, 0.3) is 5.56 Å². The summed E-state index contributed by atoms with van der Waals surface area (Å²) in [5, 5.41) is 15.9. The number of hydrogen-bond donors (Lipinski definition) is 4. The van der Waals surface area contributed by atoms with Crippen LogP contribution < -0.4 is 21.5 Å². The number of amides is 3. The molecular weight excluding hydrogens is 577 g/mol. The van der Waals surface area contributed by atoms with E-state index in [4.69, 9.17) is 9.84 Å². The zero-order valence-corrected chi connectivity index (χ0v) is 23.1. The fourth-order valence-corrected chi connectivity index (χ4v) is 3.72. The summed E-state index contributed by atoms with van der Waals surface area (Å²) in [6, 6.07) is 6.10. The summed E-state index contributed by atoms with van der Waals surface area (Å²) in [4.78, 5) is 72.8. The van der Waals surface area contributed by atoms with Gasteiger partial charge >= 0.3 is 18.1 Å². The topological polar surface area (TPSA) is 173 Å². The molecular formula is C28H31F3N4O8. The molecule has 0 spiro atoms. The Hall–Kier alpha value is -4.95. The molecule has 3 amide bonds. The Morgan fingerprint density at radius 2 is 1.77 bits per heavy atom. The zero-order chi connectivity index (χ0) is 32.0. The van der Waals surface area contributed by atoms with Gasteiger partial charge in [-0.1, -0.05) is 24.3 Å². The summed E-state index contributed by atoms with van der Waals surface area (Å²) in [7, 11) is 0. The molecule has 0 saturated heterocycles. The standard InChI is InChI=1S/C28H31F3N4O8/c1-2-43-25(40)12-6-5-10-20(33-22(36)13-14-24(38)39)26(41)34-21-11-7-15-35(27(21)42)17-23(37)32-16-18-8-3-4-9-19(18)28(29,30)31/h3-4,6-9,11-12,15,20H,2,5,10,13-14,16-17H2,1H3,(H,32,37)(H,33,36)(H,34,41)(H,38,39)/b12-6+/t20-/m0/s1. The number of alkyl halides is 3. The highest BCUT2D eigenvalue weighted by Gasteiger charge is 2.32. The first-order valence-corrected chi connectivity index (χ1v) is 13.1. The lowest BCUT2D eigenvalue weighted by molar-refractivity contribution is -0.139. The van der Waals surface area contributed by atoms with Gasteiger partial charge in [0.05, 0.1) is 18.6 Å². The first kappa shape index (κ1) is 34.3. The van der Waals surface area contributed by atoms with Crippen molar-refractivity contribution in [2.75, 3.05) is 11.9 Å². The molecule has 1 aromatic carbocycles. The van der Waals surface area contributed by atoms with E-state index in [1.54, 1.807) is 6.92 Å². The highest BCUT2D eigenvalue weighted by Crippen LogP contribution is 2.31. The Balaban J connectivity index is 2.10. The van der Waals surface area contributed by atoms with E-state index in [9.17, 15) is 41.9 Å². The van der Waals surface area contributed by atoms with Crippen LogP contribution in [0.5, 0.6) is 0 Å². The van der Waals surface area contributed by atoms with Gasteiger partial charge < -0.3 is 30.4 Å². The summed E-state index contributed by atoms with van der Waals surface area (Å²) in [6.07, 6.45) is -1.58. The predicted octanol–water partition coefficient (Wildman–Crippen LogP) is 2.37. The number of anilines is 1. The molecule has 0 fully saturated rings. The largest absolute Gasteiger partial charge is 0.481 e. The molecule has 0 aliphatic rings. The monoisotopic (exact) mass is 608 g/mol. The number of aliphatic carboxylic acids is 1. The second kappa shape index (κ2) is 16.5. The normalized spacial score (nSPS) is 11.9. The van der Waals surface area contributed by atoms with Gasteiger partial charge in [0, 0.05) is 25.2 Å². The van der Waals surface area contributed by atoms with Crippen LogP contribution in [-0.4, -0.2) is 52.0 Å². The van der Waals surface area contributed by atoms with Crippen molar-refractivity contribution >= 4 is 35.3 Å². The number of pyridine rings is 1. The van der Waals surface area contributed by atoms with E-state index < -0.39 is 78.9 Å². The zero-order valence-electron chi connectivity index (χ0n) is 23.1. The average molecular weight is 609 g/mol. The number of benzene rings is 1. The molecule has 0 aliphatic heterocycles. The summed E-state index contributed by atoms with van der Waals surface area (Å²) < 4.78 is 45.3. The van der Waals surface area contributed by atoms with Crippen LogP contribution in [0.2, 0.25) is 0 Å². The molecule has 4 N–H and O–H groups in total. The van der Waals surface area contributed by atoms with E-state index in [2.05, 4.69) is 16.0 Å². The molecule has 43 heavy (non-hydrogen) atoms. The summed E-state index contributed by atoms with van der Waals surface area (Å²) >= 11 is 0. The molecule has 2 aromatic rings. The lowest BCUT2D eigenvalue weighted by atomic mass is 10.1. The van der Waals surface area contributed by atoms with Gasteiger partial charge in [-0.05, 0) is 43.5 Å². The van der Waals surface area contributed by atoms with Crippen LogP contribution >= 0.6 is 0 Å². The number of carbonyl (C=O) groups excluding carboxylic acids is 4. The van der Waals surface area contributed by atoms with Gasteiger partial charge in [-0.2, -0.15) is 13.2 Å². The van der Waals surface area contributed by atoms with Crippen LogP contribution in [0.15, 0.2) is 59.5 Å². The van der Waals surface area contributed by atoms with Gasteiger partial charge in [-0.15, -0.1) is 0 Å². The molecule has 12 nitrogen and oxygen atoms in total. The number of rotatable bonds is 15. The third-order valence-corrected chi connectivity index (χ3v) is 5.77. The van der Waals surface area contributed by atoms with Crippen LogP contribution in [0.3, 0.4) is 0 Å². The SMILES string of the molecule is CCOC(=O)/C=C/CC[C@H](NC(=O)CCC(=O)O)C(=O)Nc1cccn(CC(=O)NCc2ccccc2C(F)(F)F)c1=O. The van der Waals surface area contributed by atoms with Gasteiger partial charge in [-0.25, -0.2) is 4.79 Å². The van der Waals surface area contributed by atoms with Gasteiger partial charge in [0.15, 0.2) is 0 Å². The summed E-state index contributed by atoms with van der Waals surface area (Å²) in [5.74, 6) is -4.14. The van der Waals surface area contributed by atoms with Crippen LogP contribution in [0.25, 0.3) is 0 Å². The Labute approximate surface area is 243 Å². The number of ether oxygens (including phenoxy) is 1. The molecule has 1 aromatic heterocycles. The molecule has 0 saturated carbocycles. The predicted molar refractivity (Wildman–Crippen MR) is 146 cm³/mol. The number of carboxylic acid groups (broad SMARTS) is 1. The number of carbonyl (C=O) groups is 5. The second-order valence-electron chi connectivity index (χ2n) is 9.02. The maximum atomic E-state index is 13.2. The molecule has 1 atom stereocenters. The number of nitrogens with one attached hydrogen (secondary N) is 3. The van der Waals surface area contributed by atoms with Crippen LogP contribution in [0.1, 0.15) is 43.7 Å². The molecule has 0 bridgehead atoms. The minimum Gasteiger partial charge on any atom is -0.481 e. The minimum atomic E-state index is -4.62. The number of esters is 1. The van der Waals surface area contributed by atoms with E-state index >= 15 is 0 Å². The molecule has 15 heteroatoms. The Morgan fingerprint density at radius 3 is 2.44 bits per heavy atom. The number of carboxylic acids is 1. The summed E-state index contributed by atoms with van der Waals surface area (Å²) in [5.41, 5.74) is -2.13. The third-order valence-electron chi connectivity index (χ3n) is 5.77. The fourth-order valence-electron chi connectivity index (χ4n) is 3.72. The highest BCUT2D eigenvalue weighted by atomic mass is 19.4. The molecule has 1 heterocycles. The number of nitrogens with zero attached hydrogens (tertiary/aromatic N) is 1. The van der Waals surface area contributed by atoms with Gasteiger partial charge in [-0.3, -0.25) is 24.0 Å². The van der Waals surface area contributed by atoms with Crippen molar-refractivity contribution in [2.45, 2.75) is 57.9 Å². The molecule has 0 radical (unpaired) electrons. The van der Waals surface area contributed by atoms with Gasteiger partial charge in [0.2, 0.25) is 17.7 Å². The maximum absolute atomic E-state index is 13.2. The van der Waals surface area contributed by atoms with Crippen molar-refractivity contribution in [1.29, 1.82) is 0 Å². The first-order valence-electron chi connectivity index (χ1n) is 13.1. The van der Waals surface area contributed by atoms with E-state index in [1.165, 1.54) is 42.6 Å². The van der Waals surface area contributed by atoms with E-state index in [0.717, 1.165) is 16.7 Å². The average Bonchev–Trinajstić information content (AvgIpc) is 2.94. The maximum Gasteiger partial charge on any atom is 0.416 e. The molecule has 0 aliphatic carbocycles. The van der Waals surface area contributed by atoms with E-state index in [1.807, 2.05) is 0 Å². The van der Waals surface area contributed by atoms with Crippen LogP contribution in [0.4, 0.5) is 18.9 Å². The lowest BCUT2D eigenvalue weighted by Crippen LogP contribution is -2.44. The fraction of sp³-hybridized carbons (Fsp3) is 0.357. The van der Waals surface area contributed by atoms with Crippen molar-refractivity contribution < 1.29 is 47.0 Å². The van der Waals surface area contributed by atoms with Crippen molar-refractivity contribution in [2.24, 2.45) is 0 Å². The van der Waals surface area contributed by atoms with Gasteiger partial charge in [0.1, 0.15) is 18.3 Å². The molecule has 0 unspecified atom stereocenters. The Kier molecular flexibility index (Phi) is 13.1. The van der Waals surface area contributed by atoms with E-state index in [0.29, 0.717) is 0 Å². The van der Waals surface area contributed by atoms with Crippen molar-refractivity contribution in [3.8, 4) is 0 Å². The number of halogens is 3. The Morgan fingerprint density at radius 1 is 1.05 bits per heavy atom. The smallest absolute Gasteiger partial charge is 0.416 e. The number of aromatic nitrogens is 1. The van der Waals surface area contributed by atoms with Crippen LogP contribution in [0, 0.1) is 0 Å². The molecule has 232 valence electrons. The molecule has 2 rings (SSSR count). The first-order chi connectivity index (χ1) is 20.3.